The molecule has 0 saturated heterocycles. The van der Waals surface area contributed by atoms with Gasteiger partial charge in [-0.1, -0.05) is 6.07 Å². The average Bonchev–Trinajstić information content (AvgIpc) is 3.41. The molecule has 3 aromatic carbocycles. The number of alkyl halides is 3. The molecule has 1 atom stereocenters. The predicted octanol–water partition coefficient (Wildman–Crippen LogP) is 6.25. The lowest BCUT2D eigenvalue weighted by atomic mass is 9.95. The molecule has 0 bridgehead atoms. The number of carboxylic acids is 1. The van der Waals surface area contributed by atoms with Crippen LogP contribution in [0.3, 0.4) is 0 Å². The standard InChI is InChI=1S/C19H22O4.C9H12O2.C2HF3O2/c1-20-15-6-13(7-16(10-15)21-2)12-5-14-8-17(22-3)11-19(23-4)18(14)9-12;1-7-4-5-8(10-2)6-9(7)11-3;3-2(4,5)1(6)7/h6-8,10-12H,5,9H2,1-4H3;4-6H,1-3H3;(H,6,7)/t12-;;/m0../s1. The van der Waals surface area contributed by atoms with E-state index in [1.165, 1.54) is 16.7 Å². The Balaban J connectivity index is 0.000000270. The number of rotatable bonds is 7. The molecule has 4 rings (SSSR count). The van der Waals surface area contributed by atoms with Gasteiger partial charge in [0, 0.05) is 18.2 Å². The van der Waals surface area contributed by atoms with Gasteiger partial charge in [0.1, 0.15) is 34.5 Å². The van der Waals surface area contributed by atoms with E-state index in [0.717, 1.165) is 52.9 Å². The molecule has 0 aromatic heterocycles. The fraction of sp³-hybridized carbons (Fsp3) is 0.367. The van der Waals surface area contributed by atoms with Crippen LogP contribution in [0.2, 0.25) is 0 Å². The second-order valence-electron chi connectivity index (χ2n) is 8.86. The molecule has 1 aliphatic carbocycles. The Morgan fingerprint density at radius 3 is 1.66 bits per heavy atom. The lowest BCUT2D eigenvalue weighted by Crippen LogP contribution is -2.21. The van der Waals surface area contributed by atoms with E-state index < -0.39 is 12.1 Å². The van der Waals surface area contributed by atoms with Gasteiger partial charge in [0.2, 0.25) is 0 Å². The Morgan fingerprint density at radius 2 is 1.20 bits per heavy atom. The van der Waals surface area contributed by atoms with E-state index in [0.29, 0.717) is 5.92 Å². The summed E-state index contributed by atoms with van der Waals surface area (Å²) in [4.78, 5) is 8.90. The van der Waals surface area contributed by atoms with Crippen LogP contribution in [-0.4, -0.2) is 59.9 Å². The molecule has 224 valence electrons. The minimum atomic E-state index is -5.08. The van der Waals surface area contributed by atoms with Gasteiger partial charge < -0.3 is 33.5 Å². The van der Waals surface area contributed by atoms with Crippen molar-refractivity contribution in [2.45, 2.75) is 31.9 Å². The van der Waals surface area contributed by atoms with E-state index in [9.17, 15) is 13.2 Å². The highest BCUT2D eigenvalue weighted by atomic mass is 19.4. The quantitative estimate of drug-likeness (QED) is 0.351. The number of aliphatic carboxylic acids is 1. The smallest absolute Gasteiger partial charge is 0.490 e. The molecule has 8 nitrogen and oxygen atoms in total. The molecule has 41 heavy (non-hydrogen) atoms. The first-order chi connectivity index (χ1) is 19.4. The molecule has 1 N–H and O–H groups in total. The molecular formula is C30H35F3O8. The van der Waals surface area contributed by atoms with Crippen LogP contribution >= 0.6 is 0 Å². The van der Waals surface area contributed by atoms with Gasteiger partial charge in [-0.2, -0.15) is 13.2 Å². The van der Waals surface area contributed by atoms with Crippen LogP contribution in [0.25, 0.3) is 0 Å². The molecule has 1 aliphatic rings. The summed E-state index contributed by atoms with van der Waals surface area (Å²) < 4.78 is 63.6. The second kappa shape index (κ2) is 14.9. The van der Waals surface area contributed by atoms with Gasteiger partial charge in [-0.3, -0.25) is 0 Å². The predicted molar refractivity (Wildman–Crippen MR) is 147 cm³/mol. The third kappa shape index (κ3) is 9.12. The summed E-state index contributed by atoms with van der Waals surface area (Å²) in [6.45, 7) is 2.00. The summed E-state index contributed by atoms with van der Waals surface area (Å²) in [5, 5.41) is 7.12. The van der Waals surface area contributed by atoms with Crippen molar-refractivity contribution in [1.29, 1.82) is 0 Å². The Morgan fingerprint density at radius 1 is 0.707 bits per heavy atom. The first-order valence-electron chi connectivity index (χ1n) is 12.4. The fourth-order valence-electron chi connectivity index (χ4n) is 4.20. The van der Waals surface area contributed by atoms with E-state index in [1.807, 2.05) is 37.3 Å². The minimum Gasteiger partial charge on any atom is -0.497 e. The zero-order chi connectivity index (χ0) is 30.7. The third-order valence-electron chi connectivity index (χ3n) is 6.35. The molecule has 0 saturated carbocycles. The number of halogens is 3. The minimum absolute atomic E-state index is 0.384. The summed E-state index contributed by atoms with van der Waals surface area (Å²) >= 11 is 0. The van der Waals surface area contributed by atoms with E-state index >= 15 is 0 Å². The summed E-state index contributed by atoms with van der Waals surface area (Å²) in [6.07, 6.45) is -3.18. The van der Waals surface area contributed by atoms with Crippen molar-refractivity contribution in [2.24, 2.45) is 0 Å². The van der Waals surface area contributed by atoms with Gasteiger partial charge in [0.05, 0.1) is 42.7 Å². The van der Waals surface area contributed by atoms with Crippen molar-refractivity contribution >= 4 is 5.97 Å². The van der Waals surface area contributed by atoms with Crippen LogP contribution in [0.5, 0.6) is 34.5 Å². The molecule has 0 radical (unpaired) electrons. The number of carboxylic acid groups (broad SMARTS) is 1. The first-order valence-corrected chi connectivity index (χ1v) is 12.4. The molecule has 11 heteroatoms. The molecule has 0 unspecified atom stereocenters. The third-order valence-corrected chi connectivity index (χ3v) is 6.35. The molecule has 0 spiro atoms. The van der Waals surface area contributed by atoms with E-state index in [-0.39, 0.29) is 0 Å². The topological polar surface area (TPSA) is 92.7 Å². The van der Waals surface area contributed by atoms with Crippen molar-refractivity contribution in [3.8, 4) is 34.5 Å². The molecule has 0 amide bonds. The maximum atomic E-state index is 10.6. The lowest BCUT2D eigenvalue weighted by molar-refractivity contribution is -0.192. The fourth-order valence-corrected chi connectivity index (χ4v) is 4.20. The van der Waals surface area contributed by atoms with Crippen molar-refractivity contribution in [3.05, 3.63) is 70.8 Å². The number of benzene rings is 3. The maximum Gasteiger partial charge on any atom is 0.490 e. The van der Waals surface area contributed by atoms with Gasteiger partial charge in [-0.25, -0.2) is 4.79 Å². The summed E-state index contributed by atoms with van der Waals surface area (Å²) in [6, 6.07) is 15.9. The maximum absolute atomic E-state index is 10.6. The largest absolute Gasteiger partial charge is 0.497 e. The van der Waals surface area contributed by atoms with E-state index in [1.54, 1.807) is 42.7 Å². The Hall–Kier alpha value is -4.28. The number of carbonyl (C=O) groups is 1. The van der Waals surface area contributed by atoms with Crippen LogP contribution in [0.15, 0.2) is 48.5 Å². The zero-order valence-corrected chi connectivity index (χ0v) is 24.0. The highest BCUT2D eigenvalue weighted by Gasteiger charge is 2.38. The van der Waals surface area contributed by atoms with Crippen LogP contribution in [0.4, 0.5) is 13.2 Å². The summed E-state index contributed by atoms with van der Waals surface area (Å²) in [7, 11) is 10.0. The highest BCUT2D eigenvalue weighted by Crippen LogP contribution is 2.42. The number of methoxy groups -OCH3 is 6. The normalized spacial score (nSPS) is 13.4. The number of aryl methyl sites for hydroxylation is 1. The van der Waals surface area contributed by atoms with Crippen LogP contribution in [-0.2, 0) is 17.6 Å². The van der Waals surface area contributed by atoms with Crippen molar-refractivity contribution in [3.63, 3.8) is 0 Å². The van der Waals surface area contributed by atoms with E-state index in [2.05, 4.69) is 18.2 Å². The van der Waals surface area contributed by atoms with Gasteiger partial charge in [0.15, 0.2) is 0 Å². The number of ether oxygens (including phenoxy) is 6. The van der Waals surface area contributed by atoms with Gasteiger partial charge in [-0.15, -0.1) is 0 Å². The Labute approximate surface area is 237 Å². The summed E-state index contributed by atoms with van der Waals surface area (Å²) in [5.41, 5.74) is 4.89. The van der Waals surface area contributed by atoms with Crippen molar-refractivity contribution in [1.82, 2.24) is 0 Å². The van der Waals surface area contributed by atoms with Gasteiger partial charge in [-0.05, 0) is 72.2 Å². The summed E-state index contributed by atoms with van der Waals surface area (Å²) in [5.74, 6) is 2.69. The zero-order valence-electron chi connectivity index (χ0n) is 24.0. The molecule has 0 fully saturated rings. The molecule has 3 aromatic rings. The second-order valence-corrected chi connectivity index (χ2v) is 8.86. The van der Waals surface area contributed by atoms with Gasteiger partial charge in [0.25, 0.3) is 0 Å². The highest BCUT2D eigenvalue weighted by molar-refractivity contribution is 5.73. The number of hydrogen-bond donors (Lipinski definition) is 1. The average molecular weight is 581 g/mol. The van der Waals surface area contributed by atoms with Crippen molar-refractivity contribution in [2.75, 3.05) is 42.7 Å². The number of hydrogen-bond acceptors (Lipinski definition) is 7. The monoisotopic (exact) mass is 580 g/mol. The lowest BCUT2D eigenvalue weighted by Gasteiger charge is -2.13. The van der Waals surface area contributed by atoms with Crippen LogP contribution < -0.4 is 28.4 Å². The molecular weight excluding hydrogens is 545 g/mol. The Kier molecular flexibility index (Phi) is 12.0. The molecule has 0 heterocycles. The number of fused-ring (bicyclic) bond motifs is 1. The van der Waals surface area contributed by atoms with Crippen molar-refractivity contribution < 1.29 is 51.5 Å². The van der Waals surface area contributed by atoms with Gasteiger partial charge >= 0.3 is 12.1 Å². The first kappa shape index (κ1) is 32.9. The van der Waals surface area contributed by atoms with Crippen LogP contribution in [0, 0.1) is 6.92 Å². The Bertz CT molecular complexity index is 1290. The van der Waals surface area contributed by atoms with Crippen LogP contribution in [0.1, 0.15) is 28.2 Å². The van der Waals surface area contributed by atoms with E-state index in [4.69, 9.17) is 38.3 Å². The SMILES string of the molecule is COc1cc(OC)cc([C@H]2Cc3cc(OC)cc(OC)c3C2)c1.COc1ccc(C)c(OC)c1.O=C(O)C(F)(F)F. The molecule has 0 aliphatic heterocycles.